The van der Waals surface area contributed by atoms with Gasteiger partial charge in [0.1, 0.15) is 0 Å². The Balaban J connectivity index is 2.04. The van der Waals surface area contributed by atoms with E-state index in [9.17, 15) is 9.59 Å². The fraction of sp³-hybridized carbons (Fsp3) is 0.188. The van der Waals surface area contributed by atoms with Gasteiger partial charge in [-0.1, -0.05) is 31.2 Å². The van der Waals surface area contributed by atoms with Gasteiger partial charge in [0.25, 0.3) is 5.56 Å². The third-order valence-electron chi connectivity index (χ3n) is 4.04. The van der Waals surface area contributed by atoms with Crippen molar-refractivity contribution in [3.8, 4) is 11.3 Å². The Kier molecular flexibility index (Phi) is 2.66. The number of carbonyl (C=O) groups is 1. The molecule has 6 nitrogen and oxygen atoms in total. The summed E-state index contributed by atoms with van der Waals surface area (Å²) in [4.78, 5) is 31.1. The number of carbonyl (C=O) groups excluding carboxylic acids is 1. The molecular formula is C16H14N4O2. The number of amides is 1. The molecule has 1 aliphatic carbocycles. The van der Waals surface area contributed by atoms with Gasteiger partial charge in [0.2, 0.25) is 11.6 Å². The lowest BCUT2D eigenvalue weighted by molar-refractivity contribution is -0.121. The molecule has 110 valence electrons. The Labute approximate surface area is 125 Å². The molecule has 22 heavy (non-hydrogen) atoms. The van der Waals surface area contributed by atoms with Gasteiger partial charge in [-0.2, -0.15) is 0 Å². The Hall–Kier alpha value is -2.89. The SMILES string of the molecule is CCC(=O)NC1c2ccccc2-c2[nH]c(=O)c3nccn3c21. The van der Waals surface area contributed by atoms with Crippen molar-refractivity contribution in [1.82, 2.24) is 19.7 Å². The van der Waals surface area contributed by atoms with Gasteiger partial charge in [-0.3, -0.25) is 14.0 Å². The van der Waals surface area contributed by atoms with Crippen molar-refractivity contribution < 1.29 is 4.79 Å². The van der Waals surface area contributed by atoms with Crippen LogP contribution in [0.25, 0.3) is 16.9 Å². The highest BCUT2D eigenvalue weighted by Gasteiger charge is 2.33. The maximum absolute atomic E-state index is 12.2. The largest absolute Gasteiger partial charge is 0.344 e. The van der Waals surface area contributed by atoms with Crippen molar-refractivity contribution in [2.45, 2.75) is 19.4 Å². The van der Waals surface area contributed by atoms with Gasteiger partial charge in [0.05, 0.1) is 17.4 Å². The minimum Gasteiger partial charge on any atom is -0.344 e. The number of aromatic amines is 1. The number of nitrogens with zero attached hydrogens (tertiary/aromatic N) is 2. The summed E-state index contributed by atoms with van der Waals surface area (Å²) in [7, 11) is 0. The van der Waals surface area contributed by atoms with Gasteiger partial charge in [0.15, 0.2) is 0 Å². The zero-order valence-corrected chi connectivity index (χ0v) is 12.0. The zero-order chi connectivity index (χ0) is 15.3. The first-order chi connectivity index (χ1) is 10.7. The van der Waals surface area contributed by atoms with Crippen LogP contribution in [0.15, 0.2) is 41.5 Å². The highest BCUT2D eigenvalue weighted by molar-refractivity contribution is 5.81. The minimum atomic E-state index is -0.285. The van der Waals surface area contributed by atoms with Crippen molar-refractivity contribution in [2.24, 2.45) is 0 Å². The van der Waals surface area contributed by atoms with E-state index in [4.69, 9.17) is 0 Å². The molecular weight excluding hydrogens is 280 g/mol. The van der Waals surface area contributed by atoms with E-state index in [1.54, 1.807) is 16.8 Å². The normalized spacial score (nSPS) is 15.6. The lowest BCUT2D eigenvalue weighted by Crippen LogP contribution is -2.29. The van der Waals surface area contributed by atoms with Crippen molar-refractivity contribution >= 4 is 11.6 Å². The number of aromatic nitrogens is 3. The number of nitrogens with one attached hydrogen (secondary N) is 2. The van der Waals surface area contributed by atoms with Crippen molar-refractivity contribution in [3.05, 3.63) is 58.3 Å². The molecule has 0 radical (unpaired) electrons. The van der Waals surface area contributed by atoms with Crippen LogP contribution in [0.5, 0.6) is 0 Å². The molecule has 6 heteroatoms. The monoisotopic (exact) mass is 294 g/mol. The van der Waals surface area contributed by atoms with Gasteiger partial charge in [-0.15, -0.1) is 0 Å². The van der Waals surface area contributed by atoms with Gasteiger partial charge in [-0.05, 0) is 5.56 Å². The molecule has 0 fully saturated rings. The third kappa shape index (κ3) is 1.64. The van der Waals surface area contributed by atoms with Gasteiger partial charge in [-0.25, -0.2) is 4.98 Å². The Morgan fingerprint density at radius 2 is 2.23 bits per heavy atom. The predicted octanol–water partition coefficient (Wildman–Crippen LogP) is 1.62. The quantitative estimate of drug-likeness (QED) is 0.753. The molecule has 1 amide bonds. The van der Waals surface area contributed by atoms with Crippen LogP contribution in [-0.2, 0) is 4.79 Å². The molecule has 0 saturated carbocycles. The highest BCUT2D eigenvalue weighted by atomic mass is 16.1. The van der Waals surface area contributed by atoms with Crippen molar-refractivity contribution in [1.29, 1.82) is 0 Å². The lowest BCUT2D eigenvalue weighted by Gasteiger charge is -2.16. The average molecular weight is 294 g/mol. The third-order valence-corrected chi connectivity index (χ3v) is 4.04. The predicted molar refractivity (Wildman–Crippen MR) is 81.5 cm³/mol. The van der Waals surface area contributed by atoms with E-state index in [1.165, 1.54) is 0 Å². The van der Waals surface area contributed by atoms with Gasteiger partial charge >= 0.3 is 0 Å². The molecule has 0 saturated heterocycles. The Morgan fingerprint density at radius 3 is 3.05 bits per heavy atom. The fourth-order valence-corrected chi connectivity index (χ4v) is 3.04. The molecule has 2 aromatic heterocycles. The number of benzene rings is 1. The van der Waals surface area contributed by atoms with Crippen molar-refractivity contribution in [2.75, 3.05) is 0 Å². The molecule has 1 unspecified atom stereocenters. The molecule has 1 aliphatic rings. The highest BCUT2D eigenvalue weighted by Crippen LogP contribution is 2.41. The summed E-state index contributed by atoms with van der Waals surface area (Å²) >= 11 is 0. The van der Waals surface area contributed by atoms with Gasteiger partial charge < -0.3 is 10.3 Å². The second-order valence-corrected chi connectivity index (χ2v) is 5.28. The number of rotatable bonds is 2. The van der Waals surface area contributed by atoms with E-state index in [2.05, 4.69) is 15.3 Å². The Morgan fingerprint density at radius 1 is 1.41 bits per heavy atom. The first-order valence-corrected chi connectivity index (χ1v) is 7.18. The maximum Gasteiger partial charge on any atom is 0.292 e. The van der Waals surface area contributed by atoms with E-state index in [1.807, 2.05) is 31.2 Å². The number of imidazole rings is 1. The van der Waals surface area contributed by atoms with Gasteiger partial charge in [0, 0.05) is 24.4 Å². The summed E-state index contributed by atoms with van der Waals surface area (Å²) in [5.41, 5.74) is 3.61. The van der Waals surface area contributed by atoms with Crippen LogP contribution in [0.3, 0.4) is 0 Å². The van der Waals surface area contributed by atoms with Crippen LogP contribution in [0, 0.1) is 0 Å². The summed E-state index contributed by atoms with van der Waals surface area (Å²) < 4.78 is 1.76. The summed E-state index contributed by atoms with van der Waals surface area (Å²) in [6, 6.07) is 7.48. The lowest BCUT2D eigenvalue weighted by atomic mass is 10.1. The summed E-state index contributed by atoms with van der Waals surface area (Å²) in [5.74, 6) is -0.0351. The molecule has 0 spiro atoms. The van der Waals surface area contributed by atoms with E-state index in [0.29, 0.717) is 12.1 Å². The van der Waals surface area contributed by atoms with Crippen LogP contribution in [0.4, 0.5) is 0 Å². The molecule has 1 atom stereocenters. The van der Waals surface area contributed by atoms with E-state index in [0.717, 1.165) is 22.5 Å². The topological polar surface area (TPSA) is 79.3 Å². The number of fused-ring (bicyclic) bond motifs is 5. The van der Waals surface area contributed by atoms with Crippen molar-refractivity contribution in [3.63, 3.8) is 0 Å². The van der Waals surface area contributed by atoms with Crippen LogP contribution in [-0.4, -0.2) is 20.3 Å². The second kappa shape index (κ2) is 4.56. The fourth-order valence-electron chi connectivity index (χ4n) is 3.04. The van der Waals surface area contributed by atoms with E-state index < -0.39 is 0 Å². The summed E-state index contributed by atoms with van der Waals surface area (Å²) in [6.45, 7) is 1.82. The molecule has 3 aromatic rings. The molecule has 4 rings (SSSR count). The molecule has 0 bridgehead atoms. The molecule has 2 heterocycles. The smallest absolute Gasteiger partial charge is 0.292 e. The van der Waals surface area contributed by atoms with E-state index in [-0.39, 0.29) is 17.5 Å². The molecule has 2 N–H and O–H groups in total. The van der Waals surface area contributed by atoms with Crippen LogP contribution >= 0.6 is 0 Å². The number of hydrogen-bond donors (Lipinski definition) is 2. The van der Waals surface area contributed by atoms with E-state index >= 15 is 0 Å². The molecule has 0 aliphatic heterocycles. The number of hydrogen-bond acceptors (Lipinski definition) is 3. The number of H-pyrrole nitrogens is 1. The first kappa shape index (κ1) is 12.8. The Bertz CT molecular complexity index is 954. The van der Waals surface area contributed by atoms with Crippen LogP contribution in [0.1, 0.15) is 30.6 Å². The summed E-state index contributed by atoms with van der Waals surface area (Å²) in [6.07, 6.45) is 3.75. The zero-order valence-electron chi connectivity index (χ0n) is 12.0. The minimum absolute atomic E-state index is 0.0351. The van der Waals surface area contributed by atoms with Crippen LogP contribution in [0.2, 0.25) is 0 Å². The second-order valence-electron chi connectivity index (χ2n) is 5.28. The molecule has 1 aromatic carbocycles. The maximum atomic E-state index is 12.2. The average Bonchev–Trinajstić information content (AvgIpc) is 3.12. The van der Waals surface area contributed by atoms with Crippen LogP contribution < -0.4 is 10.9 Å². The summed E-state index contributed by atoms with van der Waals surface area (Å²) in [5, 5.41) is 3.03. The standard InChI is InChI=1S/C16H14N4O2/c1-2-11(21)18-12-9-5-3-4-6-10(9)13-14(12)20-8-7-17-15(20)16(22)19-13/h3-8,12H,2H2,1H3,(H,18,21)(H,19,22). The first-order valence-electron chi connectivity index (χ1n) is 7.18.